The third-order valence-corrected chi connectivity index (χ3v) is 4.73. The first-order valence-electron chi connectivity index (χ1n) is 8.85. The predicted octanol–water partition coefficient (Wildman–Crippen LogP) is 2.27. The molecule has 1 amide bonds. The Labute approximate surface area is 145 Å². The van der Waals surface area contributed by atoms with Gasteiger partial charge in [-0.15, -0.1) is 10.2 Å². The molecule has 2 aromatic rings. The Kier molecular flexibility index (Phi) is 4.29. The first-order valence-corrected chi connectivity index (χ1v) is 8.85. The molecular formula is C17H22N4O4. The molecule has 0 aromatic carbocycles. The number of nitrogens with zero attached hydrogens (tertiary/aromatic N) is 4. The second kappa shape index (κ2) is 6.59. The van der Waals surface area contributed by atoms with Gasteiger partial charge < -0.3 is 18.6 Å². The molecule has 0 spiro atoms. The second-order valence-electron chi connectivity index (χ2n) is 6.88. The number of amides is 1. The minimum Gasteiger partial charge on any atom is -0.422 e. The average molecular weight is 346 g/mol. The summed E-state index contributed by atoms with van der Waals surface area (Å²) >= 11 is 0. The fourth-order valence-corrected chi connectivity index (χ4v) is 3.30. The maximum absolute atomic E-state index is 12.9. The largest absolute Gasteiger partial charge is 0.422 e. The van der Waals surface area contributed by atoms with E-state index >= 15 is 0 Å². The van der Waals surface area contributed by atoms with Gasteiger partial charge in [0.1, 0.15) is 5.76 Å². The van der Waals surface area contributed by atoms with E-state index in [4.69, 9.17) is 13.7 Å². The molecule has 0 radical (unpaired) electrons. The number of hydrogen-bond donors (Lipinski definition) is 0. The zero-order valence-electron chi connectivity index (χ0n) is 14.5. The van der Waals surface area contributed by atoms with Gasteiger partial charge >= 0.3 is 0 Å². The molecule has 1 saturated heterocycles. The SMILES string of the molecule is CC(C)c1nnc(C2CN(C(=O)c3noc4c3CCCC4)CCO2)o1. The summed E-state index contributed by atoms with van der Waals surface area (Å²) in [6.45, 7) is 5.29. The molecule has 1 atom stereocenters. The standard InChI is InChI=1S/C17H22N4O4/c1-10(2)15-18-19-16(24-15)13-9-21(7-8-23-13)17(22)14-11-5-3-4-6-12(11)25-20-14/h10,13H,3-9H2,1-2H3. The zero-order chi connectivity index (χ0) is 17.4. The van der Waals surface area contributed by atoms with Crippen LogP contribution in [0.5, 0.6) is 0 Å². The highest BCUT2D eigenvalue weighted by molar-refractivity contribution is 5.94. The van der Waals surface area contributed by atoms with E-state index in [1.54, 1.807) is 4.90 Å². The normalized spacial score (nSPS) is 20.8. The highest BCUT2D eigenvalue weighted by atomic mass is 16.5. The van der Waals surface area contributed by atoms with Crippen molar-refractivity contribution in [3.8, 4) is 0 Å². The van der Waals surface area contributed by atoms with Crippen LogP contribution in [0.3, 0.4) is 0 Å². The van der Waals surface area contributed by atoms with Crippen LogP contribution in [0.2, 0.25) is 0 Å². The van der Waals surface area contributed by atoms with Crippen molar-refractivity contribution in [3.05, 3.63) is 28.8 Å². The minimum absolute atomic E-state index is 0.108. The van der Waals surface area contributed by atoms with E-state index in [0.717, 1.165) is 37.0 Å². The van der Waals surface area contributed by atoms with Crippen molar-refractivity contribution in [1.29, 1.82) is 0 Å². The summed E-state index contributed by atoms with van der Waals surface area (Å²) in [6, 6.07) is 0. The number of hydrogen-bond acceptors (Lipinski definition) is 7. The van der Waals surface area contributed by atoms with Crippen LogP contribution in [-0.2, 0) is 17.6 Å². The van der Waals surface area contributed by atoms with Gasteiger partial charge in [0.15, 0.2) is 11.8 Å². The lowest BCUT2D eigenvalue weighted by Crippen LogP contribution is -2.42. The smallest absolute Gasteiger partial charge is 0.276 e. The van der Waals surface area contributed by atoms with Crippen LogP contribution in [0, 0.1) is 0 Å². The average Bonchev–Trinajstić information content (AvgIpc) is 3.28. The first kappa shape index (κ1) is 16.3. The summed E-state index contributed by atoms with van der Waals surface area (Å²) < 4.78 is 16.8. The Balaban J connectivity index is 1.50. The summed E-state index contributed by atoms with van der Waals surface area (Å²) in [5, 5.41) is 12.2. The van der Waals surface area contributed by atoms with E-state index in [-0.39, 0.29) is 11.8 Å². The fraction of sp³-hybridized carbons (Fsp3) is 0.647. The number of morpholine rings is 1. The number of aromatic nitrogens is 3. The van der Waals surface area contributed by atoms with Crippen LogP contribution in [-0.4, -0.2) is 45.9 Å². The molecule has 0 saturated carbocycles. The van der Waals surface area contributed by atoms with Crippen molar-refractivity contribution < 1.29 is 18.5 Å². The van der Waals surface area contributed by atoms with Gasteiger partial charge in [0, 0.05) is 24.4 Å². The molecule has 1 unspecified atom stereocenters. The van der Waals surface area contributed by atoms with E-state index in [2.05, 4.69) is 15.4 Å². The lowest BCUT2D eigenvalue weighted by Gasteiger charge is -2.31. The monoisotopic (exact) mass is 346 g/mol. The molecule has 0 bridgehead atoms. The third kappa shape index (κ3) is 3.06. The summed E-state index contributed by atoms with van der Waals surface area (Å²) in [5.41, 5.74) is 1.42. The number of fused-ring (bicyclic) bond motifs is 1. The second-order valence-corrected chi connectivity index (χ2v) is 6.88. The van der Waals surface area contributed by atoms with Gasteiger partial charge in [-0.25, -0.2) is 0 Å². The highest BCUT2D eigenvalue weighted by Crippen LogP contribution is 2.28. The van der Waals surface area contributed by atoms with Gasteiger partial charge in [0.05, 0.1) is 13.2 Å². The number of carbonyl (C=O) groups excluding carboxylic acids is 1. The Morgan fingerprint density at radius 2 is 2.08 bits per heavy atom. The Bertz CT molecular complexity index is 767. The lowest BCUT2D eigenvalue weighted by atomic mass is 9.96. The topological polar surface area (TPSA) is 94.5 Å². The van der Waals surface area contributed by atoms with Crippen molar-refractivity contribution in [2.45, 2.75) is 51.6 Å². The Morgan fingerprint density at radius 1 is 1.24 bits per heavy atom. The summed E-state index contributed by atoms with van der Waals surface area (Å²) in [6.07, 6.45) is 3.47. The van der Waals surface area contributed by atoms with E-state index in [9.17, 15) is 4.79 Å². The fourth-order valence-electron chi connectivity index (χ4n) is 3.30. The third-order valence-electron chi connectivity index (χ3n) is 4.73. The van der Waals surface area contributed by atoms with Crippen LogP contribution in [0.4, 0.5) is 0 Å². The van der Waals surface area contributed by atoms with E-state index < -0.39 is 6.10 Å². The van der Waals surface area contributed by atoms with Gasteiger partial charge in [0.25, 0.3) is 5.91 Å². The molecule has 1 fully saturated rings. The van der Waals surface area contributed by atoms with Crippen molar-refractivity contribution in [2.24, 2.45) is 0 Å². The van der Waals surface area contributed by atoms with E-state index in [1.165, 1.54) is 0 Å². The molecule has 25 heavy (non-hydrogen) atoms. The van der Waals surface area contributed by atoms with Crippen LogP contribution < -0.4 is 0 Å². The molecule has 2 aliphatic rings. The van der Waals surface area contributed by atoms with Gasteiger partial charge in [0.2, 0.25) is 11.8 Å². The molecule has 8 heteroatoms. The number of ether oxygens (including phenoxy) is 1. The lowest BCUT2D eigenvalue weighted by molar-refractivity contribution is -0.0354. The molecule has 134 valence electrons. The van der Waals surface area contributed by atoms with Crippen molar-refractivity contribution in [2.75, 3.05) is 19.7 Å². The van der Waals surface area contributed by atoms with Crippen LogP contribution in [0.25, 0.3) is 0 Å². The number of carbonyl (C=O) groups is 1. The Hall–Kier alpha value is -2.22. The molecule has 0 N–H and O–H groups in total. The molecular weight excluding hydrogens is 324 g/mol. The molecule has 2 aromatic heterocycles. The van der Waals surface area contributed by atoms with E-state index in [0.29, 0.717) is 37.2 Å². The first-order chi connectivity index (χ1) is 12.1. The molecule has 1 aliphatic heterocycles. The molecule has 3 heterocycles. The summed E-state index contributed by atoms with van der Waals surface area (Å²) in [7, 11) is 0. The number of rotatable bonds is 3. The molecule has 1 aliphatic carbocycles. The quantitative estimate of drug-likeness (QED) is 0.841. The summed E-state index contributed by atoms with van der Waals surface area (Å²) in [4.78, 5) is 14.6. The van der Waals surface area contributed by atoms with Crippen molar-refractivity contribution in [1.82, 2.24) is 20.3 Å². The van der Waals surface area contributed by atoms with Crippen LogP contribution in [0.1, 0.15) is 72.3 Å². The van der Waals surface area contributed by atoms with Crippen molar-refractivity contribution in [3.63, 3.8) is 0 Å². The minimum atomic E-state index is -0.402. The number of aryl methyl sites for hydroxylation is 1. The summed E-state index contributed by atoms with van der Waals surface area (Å²) in [5.74, 6) is 1.90. The maximum Gasteiger partial charge on any atom is 0.276 e. The van der Waals surface area contributed by atoms with Gasteiger partial charge in [-0.3, -0.25) is 4.79 Å². The van der Waals surface area contributed by atoms with Crippen molar-refractivity contribution >= 4 is 5.91 Å². The maximum atomic E-state index is 12.9. The van der Waals surface area contributed by atoms with Gasteiger partial charge in [-0.1, -0.05) is 19.0 Å². The van der Waals surface area contributed by atoms with E-state index in [1.807, 2.05) is 13.8 Å². The molecule has 8 nitrogen and oxygen atoms in total. The van der Waals surface area contributed by atoms with Gasteiger partial charge in [-0.05, 0) is 19.3 Å². The van der Waals surface area contributed by atoms with Crippen LogP contribution >= 0.6 is 0 Å². The van der Waals surface area contributed by atoms with Gasteiger partial charge in [-0.2, -0.15) is 0 Å². The highest BCUT2D eigenvalue weighted by Gasteiger charge is 2.33. The predicted molar refractivity (Wildman–Crippen MR) is 86.1 cm³/mol. The Morgan fingerprint density at radius 3 is 2.88 bits per heavy atom. The zero-order valence-corrected chi connectivity index (χ0v) is 14.5. The van der Waals surface area contributed by atoms with Crippen LogP contribution in [0.15, 0.2) is 8.94 Å². The molecule has 4 rings (SSSR count).